The number of carbonyl (C=O) groups is 1. The molecule has 0 atom stereocenters. The van der Waals surface area contributed by atoms with Crippen molar-refractivity contribution in [3.05, 3.63) is 104 Å². The second kappa shape index (κ2) is 9.54. The maximum Gasteiger partial charge on any atom is 0.343 e. The Morgan fingerprint density at radius 3 is 2.32 bits per heavy atom. The number of ether oxygens (including phenoxy) is 3. The summed E-state index contributed by atoms with van der Waals surface area (Å²) in [5.41, 5.74) is 3.10. The molecule has 1 aliphatic heterocycles. The SMILES string of the molecule is COc1cc(/C=C2\C=C(c3ccccc3)OC2=O)c(Br)c(Br)c1OCc1ccccc1. The van der Waals surface area contributed by atoms with Gasteiger partial charge in [0.25, 0.3) is 0 Å². The monoisotopic (exact) mass is 540 g/mol. The van der Waals surface area contributed by atoms with Gasteiger partial charge in [-0.2, -0.15) is 0 Å². The van der Waals surface area contributed by atoms with Crippen molar-refractivity contribution >= 4 is 49.7 Å². The van der Waals surface area contributed by atoms with Gasteiger partial charge in [-0.15, -0.1) is 0 Å². The summed E-state index contributed by atoms with van der Waals surface area (Å²) in [6, 6.07) is 21.2. The number of cyclic esters (lactones) is 1. The molecule has 1 heterocycles. The number of carbonyl (C=O) groups excluding carboxylic acids is 1. The quantitative estimate of drug-likeness (QED) is 0.255. The molecule has 0 N–H and O–H groups in total. The highest BCUT2D eigenvalue weighted by Crippen LogP contribution is 2.44. The maximum atomic E-state index is 12.4. The summed E-state index contributed by atoms with van der Waals surface area (Å²) >= 11 is 7.20. The summed E-state index contributed by atoms with van der Waals surface area (Å²) in [4.78, 5) is 12.4. The second-order valence-electron chi connectivity index (χ2n) is 6.76. The molecule has 3 aromatic rings. The summed E-state index contributed by atoms with van der Waals surface area (Å²) < 4.78 is 18.5. The molecular formula is C25H18Br2O4. The minimum atomic E-state index is -0.398. The molecule has 0 radical (unpaired) electrons. The van der Waals surface area contributed by atoms with Crippen molar-refractivity contribution < 1.29 is 19.0 Å². The Morgan fingerprint density at radius 2 is 1.65 bits per heavy atom. The molecule has 3 aromatic carbocycles. The van der Waals surface area contributed by atoms with Crippen LogP contribution in [0.15, 0.2) is 87.3 Å². The van der Waals surface area contributed by atoms with Gasteiger partial charge in [0.2, 0.25) is 0 Å². The summed E-state index contributed by atoms with van der Waals surface area (Å²) in [6.45, 7) is 0.401. The van der Waals surface area contributed by atoms with Gasteiger partial charge >= 0.3 is 5.97 Å². The Hall–Kier alpha value is -2.83. The van der Waals surface area contributed by atoms with Crippen LogP contribution in [0.4, 0.5) is 0 Å². The molecule has 0 aliphatic carbocycles. The fourth-order valence-electron chi connectivity index (χ4n) is 3.13. The van der Waals surface area contributed by atoms with Crippen LogP contribution in [-0.2, 0) is 16.1 Å². The number of benzene rings is 3. The van der Waals surface area contributed by atoms with Crippen molar-refractivity contribution in [3.63, 3.8) is 0 Å². The molecular weight excluding hydrogens is 524 g/mol. The molecule has 0 spiro atoms. The first-order chi connectivity index (χ1) is 15.1. The number of halogens is 2. The maximum absolute atomic E-state index is 12.4. The lowest BCUT2D eigenvalue weighted by molar-refractivity contribution is -0.130. The molecule has 0 bridgehead atoms. The van der Waals surface area contributed by atoms with E-state index in [1.165, 1.54) is 0 Å². The number of rotatable bonds is 6. The number of methoxy groups -OCH3 is 1. The predicted octanol–water partition coefficient (Wildman–Crippen LogP) is 6.78. The van der Waals surface area contributed by atoms with Crippen LogP contribution in [0.5, 0.6) is 11.5 Å². The molecule has 31 heavy (non-hydrogen) atoms. The Labute approximate surface area is 197 Å². The minimum absolute atomic E-state index is 0.398. The summed E-state index contributed by atoms with van der Waals surface area (Å²) in [5.74, 6) is 1.26. The van der Waals surface area contributed by atoms with Crippen LogP contribution >= 0.6 is 31.9 Å². The molecule has 1 aliphatic rings. The highest BCUT2D eigenvalue weighted by Gasteiger charge is 2.23. The molecule has 0 amide bonds. The van der Waals surface area contributed by atoms with Gasteiger partial charge in [0.1, 0.15) is 12.4 Å². The summed E-state index contributed by atoms with van der Waals surface area (Å²) in [5, 5.41) is 0. The van der Waals surface area contributed by atoms with E-state index in [1.54, 1.807) is 19.3 Å². The fourth-order valence-corrected chi connectivity index (χ4v) is 4.07. The van der Waals surface area contributed by atoms with Gasteiger partial charge in [-0.1, -0.05) is 60.7 Å². The van der Waals surface area contributed by atoms with Gasteiger partial charge < -0.3 is 14.2 Å². The first-order valence-electron chi connectivity index (χ1n) is 9.50. The zero-order chi connectivity index (χ0) is 21.8. The molecule has 0 saturated carbocycles. The number of esters is 1. The minimum Gasteiger partial charge on any atom is -0.493 e. The average molecular weight is 542 g/mol. The average Bonchev–Trinajstić information content (AvgIpc) is 3.17. The largest absolute Gasteiger partial charge is 0.493 e. The zero-order valence-corrected chi connectivity index (χ0v) is 19.8. The van der Waals surface area contributed by atoms with Crippen LogP contribution in [0.3, 0.4) is 0 Å². The molecule has 4 rings (SSSR count). The van der Waals surface area contributed by atoms with E-state index in [0.29, 0.717) is 33.9 Å². The van der Waals surface area contributed by atoms with Gasteiger partial charge in [-0.25, -0.2) is 4.79 Å². The summed E-state index contributed by atoms with van der Waals surface area (Å²) in [6.07, 6.45) is 3.50. The third-order valence-electron chi connectivity index (χ3n) is 4.70. The Bertz CT molecular complexity index is 1170. The molecule has 0 saturated heterocycles. The Morgan fingerprint density at radius 1 is 0.968 bits per heavy atom. The normalized spacial score (nSPS) is 14.4. The van der Waals surface area contributed by atoms with Crippen LogP contribution in [0, 0.1) is 0 Å². The third-order valence-corrected chi connectivity index (χ3v) is 6.84. The van der Waals surface area contributed by atoms with Gasteiger partial charge in [0, 0.05) is 10.0 Å². The van der Waals surface area contributed by atoms with E-state index >= 15 is 0 Å². The van der Waals surface area contributed by atoms with E-state index in [2.05, 4.69) is 31.9 Å². The number of hydrogen-bond donors (Lipinski definition) is 0. The molecule has 0 unspecified atom stereocenters. The van der Waals surface area contributed by atoms with E-state index in [4.69, 9.17) is 14.2 Å². The van der Waals surface area contributed by atoms with E-state index in [0.717, 1.165) is 21.2 Å². The van der Waals surface area contributed by atoms with Crippen molar-refractivity contribution in [1.29, 1.82) is 0 Å². The van der Waals surface area contributed by atoms with Gasteiger partial charge in [-0.05, 0) is 61.2 Å². The first kappa shape index (κ1) is 21.4. The van der Waals surface area contributed by atoms with E-state index in [1.807, 2.05) is 66.7 Å². The van der Waals surface area contributed by atoms with Crippen LogP contribution in [0.1, 0.15) is 16.7 Å². The highest BCUT2D eigenvalue weighted by atomic mass is 79.9. The molecule has 0 aromatic heterocycles. The molecule has 0 fully saturated rings. The molecule has 156 valence electrons. The zero-order valence-electron chi connectivity index (χ0n) is 16.6. The lowest BCUT2D eigenvalue weighted by Gasteiger charge is -2.15. The van der Waals surface area contributed by atoms with E-state index in [9.17, 15) is 4.79 Å². The summed E-state index contributed by atoms with van der Waals surface area (Å²) in [7, 11) is 1.58. The van der Waals surface area contributed by atoms with Gasteiger partial charge in [0.15, 0.2) is 11.5 Å². The van der Waals surface area contributed by atoms with Crippen LogP contribution in [-0.4, -0.2) is 13.1 Å². The van der Waals surface area contributed by atoms with Crippen molar-refractivity contribution in [2.75, 3.05) is 7.11 Å². The molecule has 6 heteroatoms. The third kappa shape index (κ3) is 4.75. The van der Waals surface area contributed by atoms with E-state index < -0.39 is 5.97 Å². The lowest BCUT2D eigenvalue weighted by atomic mass is 10.1. The standard InChI is InChI=1S/C25H18Br2O4/c1-29-21-13-18(12-19-14-20(31-25(19)28)17-10-6-3-7-11-17)22(26)23(27)24(21)30-15-16-8-4-2-5-9-16/h2-14H,15H2,1H3/b19-12+. The van der Waals surface area contributed by atoms with E-state index in [-0.39, 0.29) is 0 Å². The second-order valence-corrected chi connectivity index (χ2v) is 8.35. The van der Waals surface area contributed by atoms with Crippen molar-refractivity contribution in [2.45, 2.75) is 6.61 Å². The smallest absolute Gasteiger partial charge is 0.343 e. The highest BCUT2D eigenvalue weighted by molar-refractivity contribution is 9.13. The Balaban J connectivity index is 1.65. The first-order valence-corrected chi connectivity index (χ1v) is 11.1. The van der Waals surface area contributed by atoms with Gasteiger partial charge in [0.05, 0.1) is 17.2 Å². The van der Waals surface area contributed by atoms with Crippen LogP contribution < -0.4 is 9.47 Å². The van der Waals surface area contributed by atoms with Crippen molar-refractivity contribution in [3.8, 4) is 11.5 Å². The predicted molar refractivity (Wildman–Crippen MR) is 128 cm³/mol. The van der Waals surface area contributed by atoms with Crippen molar-refractivity contribution in [2.24, 2.45) is 0 Å². The van der Waals surface area contributed by atoms with Crippen LogP contribution in [0.2, 0.25) is 0 Å². The topological polar surface area (TPSA) is 44.8 Å². The van der Waals surface area contributed by atoms with Gasteiger partial charge in [-0.3, -0.25) is 0 Å². The fraction of sp³-hybridized carbons (Fsp3) is 0.0800. The van der Waals surface area contributed by atoms with Crippen LogP contribution in [0.25, 0.3) is 11.8 Å². The number of hydrogen-bond acceptors (Lipinski definition) is 4. The molecule has 4 nitrogen and oxygen atoms in total. The Kier molecular flexibility index (Phi) is 6.59. The van der Waals surface area contributed by atoms with Crippen molar-refractivity contribution in [1.82, 2.24) is 0 Å². The lowest BCUT2D eigenvalue weighted by Crippen LogP contribution is -2.00.